The highest BCUT2D eigenvalue weighted by atomic mass is 16.5. The highest BCUT2D eigenvalue weighted by molar-refractivity contribution is 5.28. The van der Waals surface area contributed by atoms with Crippen LogP contribution in [0.15, 0.2) is 4.52 Å². The maximum absolute atomic E-state index is 6.10. The van der Waals surface area contributed by atoms with Gasteiger partial charge < -0.3 is 15.2 Å². The topological polar surface area (TPSA) is 68.2 Å². The molecule has 0 aliphatic carbocycles. The Hall–Kier alpha value is -1.10. The third-order valence-electron chi connectivity index (χ3n) is 3.27. The number of hydrogen-bond acceptors (Lipinski definition) is 5. The Morgan fingerprint density at radius 3 is 2.47 bits per heavy atom. The van der Waals surface area contributed by atoms with E-state index in [9.17, 15) is 0 Å². The number of aromatic nitrogens is 2. The van der Waals surface area contributed by atoms with E-state index < -0.39 is 0 Å². The van der Waals surface area contributed by atoms with Crippen molar-refractivity contribution in [2.45, 2.75) is 46.1 Å². The Kier molecular flexibility index (Phi) is 3.38. The summed E-state index contributed by atoms with van der Waals surface area (Å²) in [4.78, 5) is 6.60. The molecule has 0 saturated carbocycles. The summed E-state index contributed by atoms with van der Waals surface area (Å²) in [6.07, 6.45) is 3.70. The normalized spacial score (nSPS) is 19.4. The average molecular weight is 238 g/mol. The van der Waals surface area contributed by atoms with E-state index in [4.69, 9.17) is 10.3 Å². The van der Waals surface area contributed by atoms with Gasteiger partial charge in [-0.05, 0) is 29.8 Å². The minimum atomic E-state index is -0.214. The molecule has 2 heterocycles. The van der Waals surface area contributed by atoms with Crippen molar-refractivity contribution in [3.05, 3.63) is 5.89 Å². The van der Waals surface area contributed by atoms with Crippen LogP contribution in [0.4, 0.5) is 5.95 Å². The average Bonchev–Trinajstić information content (AvgIpc) is 2.77. The van der Waals surface area contributed by atoms with Crippen molar-refractivity contribution >= 4 is 5.95 Å². The molecule has 96 valence electrons. The molecular weight excluding hydrogens is 216 g/mol. The molecule has 17 heavy (non-hydrogen) atoms. The SMILES string of the molecule is CC(C)(C)C(N)c1nc(N2CCCCC2)no1. The first-order valence-corrected chi connectivity index (χ1v) is 6.32. The number of nitrogens with two attached hydrogens (primary N) is 1. The fourth-order valence-electron chi connectivity index (χ4n) is 1.95. The van der Waals surface area contributed by atoms with Crippen LogP contribution in [-0.4, -0.2) is 23.2 Å². The van der Waals surface area contributed by atoms with E-state index in [-0.39, 0.29) is 11.5 Å². The summed E-state index contributed by atoms with van der Waals surface area (Å²) in [6.45, 7) is 8.25. The van der Waals surface area contributed by atoms with Crippen LogP contribution in [0.5, 0.6) is 0 Å². The van der Waals surface area contributed by atoms with E-state index in [1.807, 2.05) is 0 Å². The Bertz CT molecular complexity index is 363. The molecule has 1 unspecified atom stereocenters. The van der Waals surface area contributed by atoms with Crippen molar-refractivity contribution in [1.29, 1.82) is 0 Å². The lowest BCUT2D eigenvalue weighted by Gasteiger charge is -2.25. The van der Waals surface area contributed by atoms with Crippen molar-refractivity contribution in [3.8, 4) is 0 Å². The van der Waals surface area contributed by atoms with E-state index in [1.54, 1.807) is 0 Å². The monoisotopic (exact) mass is 238 g/mol. The van der Waals surface area contributed by atoms with Gasteiger partial charge in [-0.15, -0.1) is 0 Å². The Morgan fingerprint density at radius 1 is 1.24 bits per heavy atom. The predicted octanol–water partition coefficient (Wildman–Crippen LogP) is 2.11. The summed E-state index contributed by atoms with van der Waals surface area (Å²) in [5.41, 5.74) is 6.04. The van der Waals surface area contributed by atoms with Crippen molar-refractivity contribution < 1.29 is 4.52 Å². The van der Waals surface area contributed by atoms with E-state index in [0.717, 1.165) is 13.1 Å². The van der Waals surface area contributed by atoms with Crippen LogP contribution >= 0.6 is 0 Å². The highest BCUT2D eigenvalue weighted by Gasteiger charge is 2.28. The van der Waals surface area contributed by atoms with Gasteiger partial charge in [0.25, 0.3) is 5.95 Å². The van der Waals surface area contributed by atoms with Crippen molar-refractivity contribution in [2.75, 3.05) is 18.0 Å². The van der Waals surface area contributed by atoms with Gasteiger partial charge in [0.05, 0.1) is 6.04 Å². The molecule has 2 N–H and O–H groups in total. The number of piperidine rings is 1. The van der Waals surface area contributed by atoms with Crippen LogP contribution in [0, 0.1) is 5.41 Å². The Morgan fingerprint density at radius 2 is 1.88 bits per heavy atom. The molecule has 0 spiro atoms. The van der Waals surface area contributed by atoms with Crippen LogP contribution in [0.1, 0.15) is 52.0 Å². The fourth-order valence-corrected chi connectivity index (χ4v) is 1.95. The molecule has 0 aromatic carbocycles. The maximum atomic E-state index is 6.10. The second-order valence-electron chi connectivity index (χ2n) is 5.82. The summed E-state index contributed by atoms with van der Waals surface area (Å²) in [5, 5.41) is 4.03. The lowest BCUT2D eigenvalue weighted by Crippen LogP contribution is -2.30. The van der Waals surface area contributed by atoms with Gasteiger partial charge in [-0.25, -0.2) is 0 Å². The largest absolute Gasteiger partial charge is 0.338 e. The molecule has 0 amide bonds. The summed E-state index contributed by atoms with van der Waals surface area (Å²) in [6, 6.07) is -0.214. The number of anilines is 1. The summed E-state index contributed by atoms with van der Waals surface area (Å²) < 4.78 is 5.28. The van der Waals surface area contributed by atoms with Gasteiger partial charge in [0.15, 0.2) is 0 Å². The molecule has 1 aliphatic rings. The van der Waals surface area contributed by atoms with Crippen molar-refractivity contribution in [3.63, 3.8) is 0 Å². The zero-order valence-electron chi connectivity index (χ0n) is 10.9. The lowest BCUT2D eigenvalue weighted by molar-refractivity contribution is 0.252. The fraction of sp³-hybridized carbons (Fsp3) is 0.833. The molecule has 2 rings (SSSR count). The second kappa shape index (κ2) is 4.64. The van der Waals surface area contributed by atoms with Gasteiger partial charge in [0, 0.05) is 13.1 Å². The molecule has 1 atom stereocenters. The molecule has 1 saturated heterocycles. The highest BCUT2D eigenvalue weighted by Crippen LogP contribution is 2.30. The number of rotatable bonds is 2. The second-order valence-corrected chi connectivity index (χ2v) is 5.82. The van der Waals surface area contributed by atoms with Gasteiger partial charge in [-0.2, -0.15) is 4.98 Å². The van der Waals surface area contributed by atoms with Gasteiger partial charge in [-0.3, -0.25) is 0 Å². The van der Waals surface area contributed by atoms with Crippen LogP contribution in [0.25, 0.3) is 0 Å². The smallest absolute Gasteiger partial charge is 0.266 e. The van der Waals surface area contributed by atoms with E-state index in [1.165, 1.54) is 19.3 Å². The van der Waals surface area contributed by atoms with Gasteiger partial charge in [-0.1, -0.05) is 20.8 Å². The van der Waals surface area contributed by atoms with Crippen LogP contribution in [0.3, 0.4) is 0 Å². The molecule has 1 aromatic rings. The molecule has 0 radical (unpaired) electrons. The first-order chi connectivity index (χ1) is 7.98. The van der Waals surface area contributed by atoms with Crippen LogP contribution in [-0.2, 0) is 0 Å². The summed E-state index contributed by atoms with van der Waals surface area (Å²) in [7, 11) is 0. The van der Waals surface area contributed by atoms with Crippen LogP contribution in [0.2, 0.25) is 0 Å². The zero-order valence-corrected chi connectivity index (χ0v) is 10.9. The van der Waals surface area contributed by atoms with Crippen molar-refractivity contribution in [1.82, 2.24) is 10.1 Å². The van der Waals surface area contributed by atoms with Gasteiger partial charge >= 0.3 is 0 Å². The predicted molar refractivity (Wildman–Crippen MR) is 66.7 cm³/mol. The van der Waals surface area contributed by atoms with E-state index in [2.05, 4.69) is 35.8 Å². The molecule has 5 nitrogen and oxygen atoms in total. The van der Waals surface area contributed by atoms with Gasteiger partial charge in [0.1, 0.15) is 0 Å². The molecule has 1 fully saturated rings. The summed E-state index contributed by atoms with van der Waals surface area (Å²) >= 11 is 0. The summed E-state index contributed by atoms with van der Waals surface area (Å²) in [5.74, 6) is 1.23. The van der Waals surface area contributed by atoms with E-state index >= 15 is 0 Å². The molecule has 0 bridgehead atoms. The number of hydrogen-bond donors (Lipinski definition) is 1. The Labute approximate surface area is 102 Å². The minimum absolute atomic E-state index is 0.0638. The lowest BCUT2D eigenvalue weighted by atomic mass is 9.87. The Balaban J connectivity index is 2.10. The van der Waals surface area contributed by atoms with E-state index in [0.29, 0.717) is 11.8 Å². The van der Waals surface area contributed by atoms with Gasteiger partial charge in [0.2, 0.25) is 5.89 Å². The molecule has 5 heteroatoms. The third kappa shape index (κ3) is 2.77. The third-order valence-corrected chi connectivity index (χ3v) is 3.27. The van der Waals surface area contributed by atoms with Crippen LogP contribution < -0.4 is 10.6 Å². The molecule has 1 aliphatic heterocycles. The maximum Gasteiger partial charge on any atom is 0.266 e. The van der Waals surface area contributed by atoms with Crippen molar-refractivity contribution in [2.24, 2.45) is 11.1 Å². The first-order valence-electron chi connectivity index (χ1n) is 6.32. The quantitative estimate of drug-likeness (QED) is 0.854. The molecular formula is C12H22N4O. The first kappa shape index (κ1) is 12.4. The zero-order chi connectivity index (χ0) is 12.5. The standard InChI is InChI=1S/C12H22N4O/c1-12(2,3)9(13)10-14-11(15-17-10)16-7-5-4-6-8-16/h9H,4-8,13H2,1-3H3. The number of nitrogens with zero attached hydrogens (tertiary/aromatic N) is 3. The molecule has 1 aromatic heterocycles. The minimum Gasteiger partial charge on any atom is -0.338 e.